The van der Waals surface area contributed by atoms with Gasteiger partial charge in [-0.25, -0.2) is 8.42 Å². The smallest absolute Gasteiger partial charge is 0.235 e. The lowest BCUT2D eigenvalue weighted by Crippen LogP contribution is -2.18. The lowest BCUT2D eigenvalue weighted by atomic mass is 10.1. The van der Waals surface area contributed by atoms with Gasteiger partial charge in [0.05, 0.1) is 17.4 Å². The summed E-state index contributed by atoms with van der Waals surface area (Å²) in [6.45, 7) is 0. The number of benzene rings is 1. The van der Waals surface area contributed by atoms with Gasteiger partial charge in [0, 0.05) is 5.92 Å². The summed E-state index contributed by atoms with van der Waals surface area (Å²) in [4.78, 5) is 4.40. The van der Waals surface area contributed by atoms with Crippen molar-refractivity contribution >= 4 is 15.7 Å². The van der Waals surface area contributed by atoms with Gasteiger partial charge in [0.1, 0.15) is 0 Å². The molecule has 4 rings (SSSR count). The van der Waals surface area contributed by atoms with Crippen molar-refractivity contribution < 1.29 is 12.9 Å². The molecular formula is C15H17N3O3S. The van der Waals surface area contributed by atoms with Gasteiger partial charge < -0.3 is 4.52 Å². The molecule has 0 bridgehead atoms. The molecule has 0 radical (unpaired) electrons. The van der Waals surface area contributed by atoms with Gasteiger partial charge >= 0.3 is 0 Å². The van der Waals surface area contributed by atoms with Crippen molar-refractivity contribution in [1.82, 2.24) is 10.1 Å². The zero-order valence-electron chi connectivity index (χ0n) is 12.0. The van der Waals surface area contributed by atoms with Gasteiger partial charge in [-0.3, -0.25) is 4.72 Å². The normalized spacial score (nSPS) is 18.4. The van der Waals surface area contributed by atoms with E-state index in [1.54, 1.807) is 6.07 Å². The Morgan fingerprint density at radius 2 is 1.95 bits per heavy atom. The van der Waals surface area contributed by atoms with E-state index in [0.717, 1.165) is 37.1 Å². The van der Waals surface area contributed by atoms with Crippen LogP contribution >= 0.6 is 0 Å². The average molecular weight is 319 g/mol. The van der Waals surface area contributed by atoms with E-state index >= 15 is 0 Å². The quantitative estimate of drug-likeness (QED) is 0.884. The summed E-state index contributed by atoms with van der Waals surface area (Å²) in [5.74, 6) is 1.74. The Balaban J connectivity index is 1.55. The molecule has 116 valence electrons. The number of rotatable bonds is 6. The molecule has 2 saturated carbocycles. The van der Waals surface area contributed by atoms with Crippen LogP contribution < -0.4 is 4.72 Å². The zero-order chi connectivity index (χ0) is 15.2. The van der Waals surface area contributed by atoms with Crippen LogP contribution in [0.2, 0.25) is 0 Å². The van der Waals surface area contributed by atoms with E-state index in [0.29, 0.717) is 23.9 Å². The maximum Gasteiger partial charge on any atom is 0.235 e. The second-order valence-corrected chi connectivity index (χ2v) is 7.96. The number of anilines is 1. The minimum atomic E-state index is -3.27. The number of aromatic nitrogens is 2. The van der Waals surface area contributed by atoms with Gasteiger partial charge in [0.15, 0.2) is 5.82 Å². The minimum absolute atomic E-state index is 0.245. The van der Waals surface area contributed by atoms with Gasteiger partial charge in [-0.05, 0) is 37.3 Å². The van der Waals surface area contributed by atoms with E-state index in [1.807, 2.05) is 18.2 Å². The van der Waals surface area contributed by atoms with Crippen LogP contribution in [0.5, 0.6) is 0 Å². The highest BCUT2D eigenvalue weighted by molar-refractivity contribution is 7.93. The number of sulfonamides is 1. The second-order valence-electron chi connectivity index (χ2n) is 6.00. The van der Waals surface area contributed by atoms with Crippen molar-refractivity contribution in [2.45, 2.75) is 43.3 Å². The summed E-state index contributed by atoms with van der Waals surface area (Å²) in [5.41, 5.74) is 1.44. The first kappa shape index (κ1) is 13.8. The summed E-state index contributed by atoms with van der Waals surface area (Å²) in [6, 6.07) is 7.35. The molecule has 6 nitrogen and oxygen atoms in total. The van der Waals surface area contributed by atoms with Crippen LogP contribution in [-0.4, -0.2) is 23.8 Å². The highest BCUT2D eigenvalue weighted by atomic mass is 32.2. The Morgan fingerprint density at radius 3 is 2.68 bits per heavy atom. The molecule has 1 N–H and O–H groups in total. The van der Waals surface area contributed by atoms with Crippen LogP contribution in [0, 0.1) is 0 Å². The number of nitrogens with one attached hydrogen (secondary N) is 1. The number of nitrogens with zero attached hydrogens (tertiary/aromatic N) is 2. The van der Waals surface area contributed by atoms with E-state index in [1.165, 1.54) is 0 Å². The highest BCUT2D eigenvalue weighted by Gasteiger charge is 2.36. The lowest BCUT2D eigenvalue weighted by molar-refractivity contribution is 0.379. The number of para-hydroxylation sites is 1. The van der Waals surface area contributed by atoms with E-state index in [2.05, 4.69) is 14.9 Å². The number of hydrogen-bond donors (Lipinski definition) is 1. The van der Waals surface area contributed by atoms with Crippen LogP contribution in [0.4, 0.5) is 5.69 Å². The van der Waals surface area contributed by atoms with E-state index < -0.39 is 10.0 Å². The molecule has 0 saturated heterocycles. The van der Waals surface area contributed by atoms with Crippen molar-refractivity contribution in [3.05, 3.63) is 41.5 Å². The Labute approximate surface area is 129 Å². The predicted octanol–water partition coefficient (Wildman–Crippen LogP) is 2.44. The third-order valence-electron chi connectivity index (χ3n) is 4.00. The van der Waals surface area contributed by atoms with Crippen LogP contribution in [0.25, 0.3) is 0 Å². The standard InChI is InChI=1S/C15H17N3O3S/c19-22(20,12-7-8-12)18-13-4-2-1-3-11(13)9-14-16-15(17-21-14)10-5-6-10/h1-4,10,12,18H,5-9H2. The second kappa shape index (κ2) is 5.08. The summed E-state index contributed by atoms with van der Waals surface area (Å²) in [6.07, 6.45) is 4.16. The zero-order valence-corrected chi connectivity index (χ0v) is 12.8. The van der Waals surface area contributed by atoms with Crippen LogP contribution in [-0.2, 0) is 16.4 Å². The summed E-state index contributed by atoms with van der Waals surface area (Å²) in [5, 5.41) is 3.75. The fraction of sp³-hybridized carbons (Fsp3) is 0.467. The SMILES string of the molecule is O=S(=O)(Nc1ccccc1Cc1nc(C2CC2)no1)C1CC1. The first-order valence-corrected chi connectivity index (χ1v) is 9.08. The molecule has 0 aliphatic heterocycles. The molecule has 1 heterocycles. The molecule has 1 aromatic heterocycles. The molecule has 2 aliphatic carbocycles. The summed E-state index contributed by atoms with van der Waals surface area (Å²) in [7, 11) is -3.27. The molecule has 2 aliphatic rings. The van der Waals surface area contributed by atoms with Crippen molar-refractivity contribution in [1.29, 1.82) is 0 Å². The molecule has 2 aromatic rings. The molecule has 0 spiro atoms. The molecule has 0 unspecified atom stereocenters. The molecule has 1 aromatic carbocycles. The molecule has 22 heavy (non-hydrogen) atoms. The van der Waals surface area contributed by atoms with Crippen LogP contribution in [0.1, 0.15) is 48.9 Å². The molecule has 7 heteroatoms. The number of hydrogen-bond acceptors (Lipinski definition) is 5. The van der Waals surface area contributed by atoms with Gasteiger partial charge in [0.2, 0.25) is 15.9 Å². The monoisotopic (exact) mass is 319 g/mol. The minimum Gasteiger partial charge on any atom is -0.339 e. The summed E-state index contributed by atoms with van der Waals surface area (Å²) < 4.78 is 32.2. The van der Waals surface area contributed by atoms with E-state index in [9.17, 15) is 8.42 Å². The molecule has 2 fully saturated rings. The lowest BCUT2D eigenvalue weighted by Gasteiger charge is -2.10. The third-order valence-corrected chi connectivity index (χ3v) is 5.85. The molecule has 0 atom stereocenters. The first-order valence-electron chi connectivity index (χ1n) is 7.54. The molecular weight excluding hydrogens is 302 g/mol. The Bertz CT molecular complexity index is 792. The molecule has 0 amide bonds. The van der Waals surface area contributed by atoms with Crippen molar-refractivity contribution in [2.24, 2.45) is 0 Å². The van der Waals surface area contributed by atoms with Gasteiger partial charge in [-0.1, -0.05) is 23.4 Å². The summed E-state index contributed by atoms with van der Waals surface area (Å²) >= 11 is 0. The fourth-order valence-corrected chi connectivity index (χ4v) is 3.83. The van der Waals surface area contributed by atoms with Crippen molar-refractivity contribution in [3.8, 4) is 0 Å². The maximum absolute atomic E-state index is 12.1. The Kier molecular flexibility index (Phi) is 3.18. The van der Waals surface area contributed by atoms with Gasteiger partial charge in [-0.15, -0.1) is 0 Å². The largest absolute Gasteiger partial charge is 0.339 e. The van der Waals surface area contributed by atoms with E-state index in [-0.39, 0.29) is 5.25 Å². The van der Waals surface area contributed by atoms with Crippen LogP contribution in [0.15, 0.2) is 28.8 Å². The Morgan fingerprint density at radius 1 is 1.18 bits per heavy atom. The van der Waals surface area contributed by atoms with Crippen molar-refractivity contribution in [3.63, 3.8) is 0 Å². The average Bonchev–Trinajstić information content (AvgIpc) is 3.39. The predicted molar refractivity (Wildman–Crippen MR) is 81.1 cm³/mol. The van der Waals surface area contributed by atoms with Crippen LogP contribution in [0.3, 0.4) is 0 Å². The first-order chi connectivity index (χ1) is 10.6. The maximum atomic E-state index is 12.1. The van der Waals surface area contributed by atoms with E-state index in [4.69, 9.17) is 4.52 Å². The fourth-order valence-electron chi connectivity index (χ4n) is 2.40. The highest BCUT2D eigenvalue weighted by Crippen LogP contribution is 2.38. The Hall–Kier alpha value is -1.89. The van der Waals surface area contributed by atoms with Gasteiger partial charge in [0.25, 0.3) is 0 Å². The third kappa shape index (κ3) is 2.85. The van der Waals surface area contributed by atoms with Gasteiger partial charge in [-0.2, -0.15) is 4.98 Å². The topological polar surface area (TPSA) is 85.1 Å². The van der Waals surface area contributed by atoms with Crippen molar-refractivity contribution in [2.75, 3.05) is 4.72 Å².